The number of fused-ring (bicyclic) bond motifs is 2. The van der Waals surface area contributed by atoms with Crippen molar-refractivity contribution < 1.29 is 4.79 Å². The molecule has 10 heteroatoms. The number of hydrogen-bond donors (Lipinski definition) is 1. The number of para-hydroxylation sites is 1. The number of nitrogens with one attached hydrogen (secondary N) is 1. The number of aromatic nitrogens is 6. The van der Waals surface area contributed by atoms with Gasteiger partial charge in [0, 0.05) is 42.8 Å². The van der Waals surface area contributed by atoms with Crippen molar-refractivity contribution in [3.8, 4) is 17.5 Å². The molecule has 206 valence electrons. The van der Waals surface area contributed by atoms with E-state index in [9.17, 15) is 14.4 Å². The number of nitrogens with zero attached hydrogens (tertiary/aromatic N) is 6. The number of amides is 1. The van der Waals surface area contributed by atoms with Gasteiger partial charge in [0.1, 0.15) is 11.4 Å². The Morgan fingerprint density at radius 2 is 1.79 bits per heavy atom. The Kier molecular flexibility index (Phi) is 6.68. The molecular formula is C32H25N7O3. The first-order valence-electron chi connectivity index (χ1n) is 13.2. The molecule has 0 spiro atoms. The van der Waals surface area contributed by atoms with Crippen molar-refractivity contribution in [2.75, 3.05) is 0 Å². The molecule has 1 atom stereocenters. The fraction of sp³-hybridized carbons (Fsp3) is 0.125. The average Bonchev–Trinajstić information content (AvgIpc) is 3.33. The maximum atomic E-state index is 14.2. The Balaban J connectivity index is 1.47. The maximum Gasteiger partial charge on any atom is 0.267 e. The lowest BCUT2D eigenvalue weighted by Crippen LogP contribution is -2.33. The summed E-state index contributed by atoms with van der Waals surface area (Å²) in [5, 5.41) is 7.73. The zero-order valence-electron chi connectivity index (χ0n) is 23.1. The zero-order chi connectivity index (χ0) is 29.4. The molecule has 0 unspecified atom stereocenters. The predicted octanol–water partition coefficient (Wildman–Crippen LogP) is 3.33. The fourth-order valence-electron chi connectivity index (χ4n) is 4.87. The van der Waals surface area contributed by atoms with Crippen LogP contribution < -0.4 is 16.4 Å². The van der Waals surface area contributed by atoms with Gasteiger partial charge in [-0.15, -0.1) is 0 Å². The smallest absolute Gasteiger partial charge is 0.267 e. The van der Waals surface area contributed by atoms with Gasteiger partial charge in [0.05, 0.1) is 28.3 Å². The van der Waals surface area contributed by atoms with E-state index < -0.39 is 6.04 Å². The van der Waals surface area contributed by atoms with E-state index in [1.54, 1.807) is 74.3 Å². The van der Waals surface area contributed by atoms with Gasteiger partial charge in [-0.1, -0.05) is 36.1 Å². The normalized spacial score (nSPS) is 11.7. The second-order valence-corrected chi connectivity index (χ2v) is 9.81. The van der Waals surface area contributed by atoms with Gasteiger partial charge in [-0.05, 0) is 50.2 Å². The highest BCUT2D eigenvalue weighted by Gasteiger charge is 2.24. The van der Waals surface area contributed by atoms with Crippen LogP contribution in [0.3, 0.4) is 0 Å². The van der Waals surface area contributed by atoms with Crippen LogP contribution in [-0.4, -0.2) is 34.6 Å². The first kappa shape index (κ1) is 26.4. The summed E-state index contributed by atoms with van der Waals surface area (Å²) in [5.74, 6) is 6.12. The Labute approximate surface area is 239 Å². The van der Waals surface area contributed by atoms with Gasteiger partial charge in [0.2, 0.25) is 5.56 Å². The van der Waals surface area contributed by atoms with Crippen molar-refractivity contribution in [2.45, 2.75) is 19.9 Å². The molecule has 10 nitrogen and oxygen atoms in total. The lowest BCUT2D eigenvalue weighted by molar-refractivity contribution is 0.0938. The Morgan fingerprint density at radius 3 is 2.57 bits per heavy atom. The third kappa shape index (κ3) is 4.73. The van der Waals surface area contributed by atoms with Crippen LogP contribution in [0.5, 0.6) is 0 Å². The predicted molar refractivity (Wildman–Crippen MR) is 159 cm³/mol. The molecule has 0 bridgehead atoms. The highest BCUT2D eigenvalue weighted by molar-refractivity contribution is 6.01. The van der Waals surface area contributed by atoms with Gasteiger partial charge >= 0.3 is 0 Å². The number of carbonyl (C=O) groups excluding carboxylic acids is 1. The number of hydrogen-bond acceptors (Lipinski definition) is 6. The Bertz CT molecular complexity index is 2180. The third-order valence-corrected chi connectivity index (χ3v) is 6.90. The van der Waals surface area contributed by atoms with Crippen molar-refractivity contribution in [1.29, 1.82) is 0 Å². The van der Waals surface area contributed by atoms with Crippen LogP contribution in [-0.2, 0) is 7.05 Å². The number of pyridine rings is 1. The molecule has 6 aromatic rings. The van der Waals surface area contributed by atoms with Gasteiger partial charge in [-0.25, -0.2) is 14.5 Å². The van der Waals surface area contributed by atoms with E-state index in [0.29, 0.717) is 50.4 Å². The second-order valence-electron chi connectivity index (χ2n) is 9.81. The van der Waals surface area contributed by atoms with Crippen LogP contribution in [0.1, 0.15) is 46.0 Å². The first-order valence-corrected chi connectivity index (χ1v) is 13.2. The molecular weight excluding hydrogens is 530 g/mol. The van der Waals surface area contributed by atoms with Gasteiger partial charge in [0.25, 0.3) is 11.5 Å². The minimum Gasteiger partial charge on any atom is -0.342 e. The van der Waals surface area contributed by atoms with Crippen molar-refractivity contribution in [3.63, 3.8) is 0 Å². The topological polar surface area (TPSA) is 116 Å². The van der Waals surface area contributed by atoms with E-state index in [4.69, 9.17) is 4.98 Å². The Hall–Kier alpha value is -5.82. The molecule has 0 radical (unpaired) electrons. The van der Waals surface area contributed by atoms with Crippen LogP contribution in [0.2, 0.25) is 0 Å². The summed E-state index contributed by atoms with van der Waals surface area (Å²) in [6, 6.07) is 18.6. The monoisotopic (exact) mass is 555 g/mol. The molecule has 0 aliphatic heterocycles. The molecule has 4 heterocycles. The lowest BCUT2D eigenvalue weighted by Gasteiger charge is -2.20. The fourth-order valence-corrected chi connectivity index (χ4v) is 4.87. The summed E-state index contributed by atoms with van der Waals surface area (Å²) in [5.41, 5.74) is 3.06. The van der Waals surface area contributed by atoms with E-state index in [-0.39, 0.29) is 17.0 Å². The standard InChI is InChI=1S/C32H25N7O3/c1-20-27(30-33-17-8-18-38(30)36-20)31(41)34-21(2)29-35-25-12-7-9-23(15-13-22-14-16-26(40)37(3)19-22)28(25)32(42)39(29)24-10-5-4-6-11-24/h4-12,14,16-19,21H,1-3H3,(H,34,41)/t21-/m1/s1. The van der Waals surface area contributed by atoms with Crippen LogP contribution in [0.4, 0.5) is 0 Å². The molecule has 42 heavy (non-hydrogen) atoms. The molecule has 1 N–H and O–H groups in total. The van der Waals surface area contributed by atoms with Gasteiger partial charge in [-0.3, -0.25) is 19.0 Å². The molecule has 2 aromatic carbocycles. The zero-order valence-corrected chi connectivity index (χ0v) is 23.1. The molecule has 0 saturated heterocycles. The van der Waals surface area contributed by atoms with E-state index in [1.165, 1.54) is 15.2 Å². The number of rotatable bonds is 4. The highest BCUT2D eigenvalue weighted by atomic mass is 16.2. The third-order valence-electron chi connectivity index (χ3n) is 6.90. The van der Waals surface area contributed by atoms with Crippen LogP contribution >= 0.6 is 0 Å². The highest BCUT2D eigenvalue weighted by Crippen LogP contribution is 2.21. The van der Waals surface area contributed by atoms with Crippen LogP contribution in [0.15, 0.2) is 94.9 Å². The van der Waals surface area contributed by atoms with E-state index in [1.807, 2.05) is 30.3 Å². The van der Waals surface area contributed by atoms with E-state index in [0.717, 1.165) is 0 Å². The molecule has 0 saturated carbocycles. The van der Waals surface area contributed by atoms with E-state index >= 15 is 0 Å². The average molecular weight is 556 g/mol. The molecule has 6 rings (SSSR count). The summed E-state index contributed by atoms with van der Waals surface area (Å²) in [4.78, 5) is 48.6. The molecule has 0 aliphatic carbocycles. The Morgan fingerprint density at radius 1 is 0.976 bits per heavy atom. The summed E-state index contributed by atoms with van der Waals surface area (Å²) in [7, 11) is 1.66. The second kappa shape index (κ2) is 10.6. The largest absolute Gasteiger partial charge is 0.342 e. The first-order chi connectivity index (χ1) is 20.3. The van der Waals surface area contributed by atoms with E-state index in [2.05, 4.69) is 27.2 Å². The van der Waals surface area contributed by atoms with Crippen LogP contribution in [0, 0.1) is 18.8 Å². The lowest BCUT2D eigenvalue weighted by atomic mass is 10.1. The SMILES string of the molecule is Cc1nn2cccnc2c1C(=O)N[C@H](C)c1nc2cccc(C#Cc3ccc(=O)n(C)c3)c2c(=O)n1-c1ccccc1. The van der Waals surface area contributed by atoms with Crippen molar-refractivity contribution >= 4 is 22.5 Å². The summed E-state index contributed by atoms with van der Waals surface area (Å²) < 4.78 is 4.51. The van der Waals surface area contributed by atoms with Crippen LogP contribution in [0.25, 0.3) is 22.2 Å². The number of benzene rings is 2. The molecule has 4 aromatic heterocycles. The van der Waals surface area contributed by atoms with Gasteiger partial charge in [-0.2, -0.15) is 5.10 Å². The molecule has 0 fully saturated rings. The number of aryl methyl sites for hydroxylation is 2. The molecule has 0 aliphatic rings. The van der Waals surface area contributed by atoms with Crippen molar-refractivity contribution in [2.24, 2.45) is 7.05 Å². The minimum atomic E-state index is -0.659. The maximum absolute atomic E-state index is 14.2. The summed E-state index contributed by atoms with van der Waals surface area (Å²) >= 11 is 0. The molecule has 1 amide bonds. The summed E-state index contributed by atoms with van der Waals surface area (Å²) in [6.45, 7) is 3.53. The minimum absolute atomic E-state index is 0.137. The summed E-state index contributed by atoms with van der Waals surface area (Å²) in [6.07, 6.45) is 4.98. The van der Waals surface area contributed by atoms with Crippen molar-refractivity contribution in [3.05, 3.63) is 134 Å². The van der Waals surface area contributed by atoms with Gasteiger partial charge in [0.15, 0.2) is 5.65 Å². The number of carbonyl (C=O) groups is 1. The van der Waals surface area contributed by atoms with Gasteiger partial charge < -0.3 is 9.88 Å². The quantitative estimate of drug-likeness (QED) is 0.334. The van der Waals surface area contributed by atoms with Crippen molar-refractivity contribution in [1.82, 2.24) is 34.0 Å².